The van der Waals surface area contributed by atoms with Gasteiger partial charge < -0.3 is 9.84 Å². The fourth-order valence-electron chi connectivity index (χ4n) is 2.34. The van der Waals surface area contributed by atoms with Gasteiger partial charge in [-0.3, -0.25) is 5.10 Å². The van der Waals surface area contributed by atoms with Crippen LogP contribution in [0.3, 0.4) is 0 Å². The molecule has 0 radical (unpaired) electrons. The number of sulfonamides is 1. The molecule has 1 aliphatic carbocycles. The maximum absolute atomic E-state index is 12.0. The number of aromatic carboxylic acids is 1. The van der Waals surface area contributed by atoms with E-state index in [0.717, 1.165) is 31.9 Å². The molecule has 1 saturated carbocycles. The van der Waals surface area contributed by atoms with Gasteiger partial charge in [-0.25, -0.2) is 17.9 Å². The number of ether oxygens (including phenoxy) is 1. The Morgan fingerprint density at radius 2 is 2.14 bits per heavy atom. The van der Waals surface area contributed by atoms with E-state index in [-0.39, 0.29) is 24.8 Å². The minimum absolute atomic E-state index is 0.0942. The van der Waals surface area contributed by atoms with Gasteiger partial charge in [0.15, 0.2) is 5.03 Å². The van der Waals surface area contributed by atoms with E-state index in [0.29, 0.717) is 0 Å². The molecule has 3 N–H and O–H groups in total. The van der Waals surface area contributed by atoms with Gasteiger partial charge in [-0.05, 0) is 12.8 Å². The molecule has 2 rings (SSSR count). The Balaban J connectivity index is 1.83. The Kier molecular flexibility index (Phi) is 5.32. The van der Waals surface area contributed by atoms with Crippen LogP contribution >= 0.6 is 0 Å². The number of hydrogen-bond donors (Lipinski definition) is 3. The molecule has 0 saturated heterocycles. The first kappa shape index (κ1) is 15.9. The number of nitrogens with zero attached hydrogens (tertiary/aromatic N) is 1. The van der Waals surface area contributed by atoms with Crippen molar-refractivity contribution in [2.45, 2.75) is 43.2 Å². The van der Waals surface area contributed by atoms with Crippen LogP contribution in [0.25, 0.3) is 0 Å². The fraction of sp³-hybridized carbons (Fsp3) is 0.667. The average molecular weight is 317 g/mol. The van der Waals surface area contributed by atoms with Crippen LogP contribution in [0, 0.1) is 0 Å². The first-order valence-corrected chi connectivity index (χ1v) is 8.37. The monoisotopic (exact) mass is 317 g/mol. The van der Waals surface area contributed by atoms with Gasteiger partial charge in [0, 0.05) is 6.54 Å². The van der Waals surface area contributed by atoms with Crippen molar-refractivity contribution in [3.8, 4) is 0 Å². The Morgan fingerprint density at radius 1 is 1.43 bits per heavy atom. The number of aromatic amines is 1. The molecule has 21 heavy (non-hydrogen) atoms. The van der Waals surface area contributed by atoms with E-state index in [1.807, 2.05) is 0 Å². The fourth-order valence-corrected chi connectivity index (χ4v) is 3.44. The van der Waals surface area contributed by atoms with E-state index in [2.05, 4.69) is 14.9 Å². The lowest BCUT2D eigenvalue weighted by Crippen LogP contribution is -2.30. The minimum atomic E-state index is -3.92. The molecule has 0 bridgehead atoms. The number of aromatic nitrogens is 2. The van der Waals surface area contributed by atoms with Crippen LogP contribution in [0.5, 0.6) is 0 Å². The van der Waals surface area contributed by atoms with Crippen molar-refractivity contribution in [2.24, 2.45) is 0 Å². The van der Waals surface area contributed by atoms with Gasteiger partial charge in [0.2, 0.25) is 0 Å². The highest BCUT2D eigenvalue weighted by Gasteiger charge is 2.24. The molecule has 9 heteroatoms. The lowest BCUT2D eigenvalue weighted by molar-refractivity contribution is 0.0321. The minimum Gasteiger partial charge on any atom is -0.478 e. The maximum atomic E-state index is 12.0. The SMILES string of the molecule is O=C(O)c1cn[nH]c1S(=O)(=O)NCCOC1CCCCC1. The Hall–Kier alpha value is -1.45. The second-order valence-electron chi connectivity index (χ2n) is 4.95. The van der Waals surface area contributed by atoms with Crippen LogP contribution in [0.15, 0.2) is 11.2 Å². The molecule has 0 spiro atoms. The number of hydrogen-bond acceptors (Lipinski definition) is 5. The number of carboxylic acids is 1. The summed E-state index contributed by atoms with van der Waals surface area (Å²) in [6, 6.07) is 0. The van der Waals surface area contributed by atoms with Crippen molar-refractivity contribution in [3.63, 3.8) is 0 Å². The summed E-state index contributed by atoms with van der Waals surface area (Å²) in [4.78, 5) is 10.9. The Bertz CT molecular complexity index is 577. The Labute approximate surface area is 122 Å². The largest absolute Gasteiger partial charge is 0.478 e. The smallest absolute Gasteiger partial charge is 0.340 e. The second-order valence-corrected chi connectivity index (χ2v) is 6.65. The van der Waals surface area contributed by atoms with Crippen LogP contribution in [0.1, 0.15) is 42.5 Å². The van der Waals surface area contributed by atoms with Crippen molar-refractivity contribution in [1.82, 2.24) is 14.9 Å². The topological polar surface area (TPSA) is 121 Å². The third-order valence-electron chi connectivity index (χ3n) is 3.40. The summed E-state index contributed by atoms with van der Waals surface area (Å²) in [5.41, 5.74) is -0.379. The lowest BCUT2D eigenvalue weighted by Gasteiger charge is -2.21. The van der Waals surface area contributed by atoms with E-state index in [1.54, 1.807) is 0 Å². The predicted molar refractivity (Wildman–Crippen MR) is 73.6 cm³/mol. The number of H-pyrrole nitrogens is 1. The summed E-state index contributed by atoms with van der Waals surface area (Å²) in [6.45, 7) is 0.358. The van der Waals surface area contributed by atoms with Crippen molar-refractivity contribution in [2.75, 3.05) is 13.2 Å². The number of nitrogens with one attached hydrogen (secondary N) is 2. The number of rotatable bonds is 7. The molecule has 1 heterocycles. The van der Waals surface area contributed by atoms with Crippen molar-refractivity contribution >= 4 is 16.0 Å². The van der Waals surface area contributed by atoms with Gasteiger partial charge in [0.1, 0.15) is 5.56 Å². The molecular formula is C12H19N3O5S. The standard InChI is InChI=1S/C12H19N3O5S/c16-12(17)10-8-13-15-11(10)21(18,19)14-6-7-20-9-4-2-1-3-5-9/h8-9,14H,1-7H2,(H,13,15)(H,16,17). The summed E-state index contributed by atoms with van der Waals surface area (Å²) >= 11 is 0. The van der Waals surface area contributed by atoms with Gasteiger partial charge >= 0.3 is 5.97 Å². The second kappa shape index (κ2) is 7.01. The molecule has 0 atom stereocenters. The average Bonchev–Trinajstić information content (AvgIpc) is 2.95. The molecule has 0 unspecified atom stereocenters. The normalized spacial score (nSPS) is 17.0. The molecule has 0 aromatic carbocycles. The first-order chi connectivity index (χ1) is 10.0. The molecule has 8 nitrogen and oxygen atoms in total. The zero-order chi connectivity index (χ0) is 15.3. The molecule has 1 aromatic rings. The van der Waals surface area contributed by atoms with Gasteiger partial charge in [-0.15, -0.1) is 0 Å². The zero-order valence-corrected chi connectivity index (χ0v) is 12.4. The summed E-state index contributed by atoms with van der Waals surface area (Å²) in [7, 11) is -3.92. The molecule has 0 aliphatic heterocycles. The van der Waals surface area contributed by atoms with Crippen molar-refractivity contribution in [1.29, 1.82) is 0 Å². The molecule has 0 amide bonds. The third-order valence-corrected chi connectivity index (χ3v) is 4.84. The molecular weight excluding hydrogens is 298 g/mol. The van der Waals surface area contributed by atoms with Crippen LogP contribution in [0.4, 0.5) is 0 Å². The van der Waals surface area contributed by atoms with Gasteiger partial charge in [-0.1, -0.05) is 19.3 Å². The van der Waals surface area contributed by atoms with Crippen LogP contribution in [-0.2, 0) is 14.8 Å². The van der Waals surface area contributed by atoms with E-state index < -0.39 is 21.0 Å². The summed E-state index contributed by atoms with van der Waals surface area (Å²) in [6.07, 6.45) is 6.70. The maximum Gasteiger partial charge on any atom is 0.340 e. The van der Waals surface area contributed by atoms with Gasteiger partial charge in [-0.2, -0.15) is 5.10 Å². The summed E-state index contributed by atoms with van der Waals surface area (Å²) < 4.78 is 31.9. The van der Waals surface area contributed by atoms with Crippen molar-refractivity contribution < 1.29 is 23.1 Å². The molecule has 1 aromatic heterocycles. The summed E-state index contributed by atoms with van der Waals surface area (Å²) in [5, 5.41) is 14.1. The number of carbonyl (C=O) groups is 1. The lowest BCUT2D eigenvalue weighted by atomic mass is 9.98. The predicted octanol–water partition coefficient (Wildman–Crippen LogP) is 0.735. The highest BCUT2D eigenvalue weighted by Crippen LogP contribution is 2.20. The van der Waals surface area contributed by atoms with Crippen LogP contribution < -0.4 is 4.72 Å². The first-order valence-electron chi connectivity index (χ1n) is 6.88. The van der Waals surface area contributed by atoms with E-state index in [4.69, 9.17) is 9.84 Å². The van der Waals surface area contributed by atoms with Crippen LogP contribution in [-0.4, -0.2) is 48.9 Å². The van der Waals surface area contributed by atoms with E-state index >= 15 is 0 Å². The zero-order valence-electron chi connectivity index (χ0n) is 11.5. The quantitative estimate of drug-likeness (QED) is 0.638. The molecule has 118 valence electrons. The van der Waals surface area contributed by atoms with Gasteiger partial charge in [0.05, 0.1) is 18.9 Å². The third kappa shape index (κ3) is 4.26. The van der Waals surface area contributed by atoms with Crippen LogP contribution in [0.2, 0.25) is 0 Å². The molecule has 1 fully saturated rings. The highest BCUT2D eigenvalue weighted by atomic mass is 32.2. The van der Waals surface area contributed by atoms with E-state index in [1.165, 1.54) is 6.42 Å². The van der Waals surface area contributed by atoms with E-state index in [9.17, 15) is 13.2 Å². The highest BCUT2D eigenvalue weighted by molar-refractivity contribution is 7.89. The number of carboxylic acid groups (broad SMARTS) is 1. The van der Waals surface area contributed by atoms with Crippen molar-refractivity contribution in [3.05, 3.63) is 11.8 Å². The summed E-state index contributed by atoms with van der Waals surface area (Å²) in [5.74, 6) is -1.34. The molecule has 1 aliphatic rings. The Morgan fingerprint density at radius 3 is 2.81 bits per heavy atom. The van der Waals surface area contributed by atoms with Gasteiger partial charge in [0.25, 0.3) is 10.0 Å².